The molecule has 0 atom stereocenters. The predicted octanol–water partition coefficient (Wildman–Crippen LogP) is 2.99. The van der Waals surface area contributed by atoms with Crippen molar-refractivity contribution in [1.29, 1.82) is 0 Å². The molecule has 0 fully saturated rings. The Hall–Kier alpha value is -0.430. The highest BCUT2D eigenvalue weighted by Gasteiger charge is 1.95. The van der Waals surface area contributed by atoms with E-state index in [0.29, 0.717) is 0 Å². The maximum absolute atomic E-state index is 4.23. The lowest BCUT2D eigenvalue weighted by atomic mass is 10.0. The Morgan fingerprint density at radius 2 is 2.09 bits per heavy atom. The number of thiol groups is 1. The lowest BCUT2D eigenvalue weighted by Gasteiger charge is -2.04. The predicted molar refractivity (Wildman–Crippen MR) is 53.2 cm³/mol. The van der Waals surface area contributed by atoms with E-state index in [2.05, 4.69) is 44.7 Å². The van der Waals surface area contributed by atoms with Crippen LogP contribution in [0.1, 0.15) is 23.6 Å². The normalized spacial score (nSPS) is 10.1. The zero-order valence-electron chi connectivity index (χ0n) is 7.09. The molecule has 0 aliphatic rings. The third kappa shape index (κ3) is 2.00. The molecule has 0 heterocycles. The molecule has 0 saturated carbocycles. The Morgan fingerprint density at radius 1 is 1.36 bits per heavy atom. The summed E-state index contributed by atoms with van der Waals surface area (Å²) in [6.45, 7) is 4.34. The minimum Gasteiger partial charge on any atom is -0.175 e. The van der Waals surface area contributed by atoms with Gasteiger partial charge in [0.25, 0.3) is 0 Å². The summed E-state index contributed by atoms with van der Waals surface area (Å²) in [4.78, 5) is 0. The number of hydrogen-bond acceptors (Lipinski definition) is 1. The van der Waals surface area contributed by atoms with Crippen LogP contribution in [0.2, 0.25) is 0 Å². The molecular weight excluding hydrogens is 152 g/mol. The molecule has 0 saturated heterocycles. The molecule has 1 rings (SSSR count). The lowest BCUT2D eigenvalue weighted by Crippen LogP contribution is -1.88. The van der Waals surface area contributed by atoms with Crippen molar-refractivity contribution in [2.45, 2.75) is 26.0 Å². The molecule has 0 aliphatic heterocycles. The molecular formula is C10H14S. The molecule has 0 nitrogen and oxygen atoms in total. The van der Waals surface area contributed by atoms with Crippen LogP contribution in [-0.2, 0) is 12.2 Å². The topological polar surface area (TPSA) is 0 Å². The summed E-state index contributed by atoms with van der Waals surface area (Å²) in [7, 11) is 0. The van der Waals surface area contributed by atoms with Gasteiger partial charge in [0.05, 0.1) is 0 Å². The van der Waals surface area contributed by atoms with Gasteiger partial charge in [-0.15, -0.1) is 0 Å². The first-order valence-corrected chi connectivity index (χ1v) is 4.60. The van der Waals surface area contributed by atoms with Crippen LogP contribution >= 0.6 is 12.6 Å². The average Bonchev–Trinajstić information content (AvgIpc) is 2.05. The minimum atomic E-state index is 0.841. The molecule has 60 valence electrons. The number of aryl methyl sites for hydroxylation is 2. The third-order valence-corrected chi connectivity index (χ3v) is 2.34. The van der Waals surface area contributed by atoms with Crippen molar-refractivity contribution < 1.29 is 0 Å². The zero-order valence-corrected chi connectivity index (χ0v) is 7.99. The minimum absolute atomic E-state index is 0.841. The van der Waals surface area contributed by atoms with Crippen LogP contribution in [0, 0.1) is 6.92 Å². The monoisotopic (exact) mass is 166 g/mol. The molecule has 0 unspecified atom stereocenters. The second kappa shape index (κ2) is 3.82. The summed E-state index contributed by atoms with van der Waals surface area (Å²) >= 11 is 4.23. The summed E-state index contributed by atoms with van der Waals surface area (Å²) in [5.74, 6) is 0.841. The fraction of sp³-hybridized carbons (Fsp3) is 0.400. The number of hydrogen-bond donors (Lipinski definition) is 1. The molecule has 1 aromatic carbocycles. The van der Waals surface area contributed by atoms with Gasteiger partial charge in [0.15, 0.2) is 0 Å². The largest absolute Gasteiger partial charge is 0.175 e. The Kier molecular flexibility index (Phi) is 3.01. The van der Waals surface area contributed by atoms with E-state index in [1.165, 1.54) is 16.7 Å². The van der Waals surface area contributed by atoms with E-state index < -0.39 is 0 Å². The van der Waals surface area contributed by atoms with Crippen LogP contribution in [-0.4, -0.2) is 0 Å². The van der Waals surface area contributed by atoms with Gasteiger partial charge in [-0.2, -0.15) is 12.6 Å². The van der Waals surface area contributed by atoms with Gasteiger partial charge in [-0.25, -0.2) is 0 Å². The Labute approximate surface area is 74.0 Å². The molecule has 0 amide bonds. The van der Waals surface area contributed by atoms with Crippen molar-refractivity contribution in [3.05, 3.63) is 34.9 Å². The van der Waals surface area contributed by atoms with Gasteiger partial charge in [0.2, 0.25) is 0 Å². The standard InChI is InChI=1S/C10H14S/c1-3-10-6-9(7-11)5-4-8(10)2/h4-6,11H,3,7H2,1-2H3. The zero-order chi connectivity index (χ0) is 8.27. The van der Waals surface area contributed by atoms with Crippen LogP contribution in [0.15, 0.2) is 18.2 Å². The summed E-state index contributed by atoms with van der Waals surface area (Å²) < 4.78 is 0. The Morgan fingerprint density at radius 3 is 2.64 bits per heavy atom. The lowest BCUT2D eigenvalue weighted by molar-refractivity contribution is 1.10. The van der Waals surface area contributed by atoms with Gasteiger partial charge >= 0.3 is 0 Å². The fourth-order valence-electron chi connectivity index (χ4n) is 1.20. The van der Waals surface area contributed by atoms with Gasteiger partial charge in [-0.1, -0.05) is 25.1 Å². The number of benzene rings is 1. The van der Waals surface area contributed by atoms with Gasteiger partial charge in [-0.05, 0) is 30.0 Å². The smallest absolute Gasteiger partial charge is 0.0154 e. The summed E-state index contributed by atoms with van der Waals surface area (Å²) in [5, 5.41) is 0. The molecule has 11 heavy (non-hydrogen) atoms. The van der Waals surface area contributed by atoms with Gasteiger partial charge in [0.1, 0.15) is 0 Å². The van der Waals surface area contributed by atoms with Crippen LogP contribution in [0.25, 0.3) is 0 Å². The summed E-state index contributed by atoms with van der Waals surface area (Å²) in [6.07, 6.45) is 1.12. The van der Waals surface area contributed by atoms with E-state index in [1.807, 2.05) is 0 Å². The van der Waals surface area contributed by atoms with Crippen molar-refractivity contribution in [3.8, 4) is 0 Å². The highest BCUT2D eigenvalue weighted by atomic mass is 32.1. The Balaban J connectivity index is 3.02. The van der Waals surface area contributed by atoms with Crippen LogP contribution in [0.5, 0.6) is 0 Å². The van der Waals surface area contributed by atoms with Crippen LogP contribution in [0.3, 0.4) is 0 Å². The van der Waals surface area contributed by atoms with Crippen LogP contribution in [0.4, 0.5) is 0 Å². The third-order valence-electron chi connectivity index (χ3n) is 1.98. The SMILES string of the molecule is CCc1cc(CS)ccc1C. The van der Waals surface area contributed by atoms with Crippen molar-refractivity contribution in [1.82, 2.24) is 0 Å². The van der Waals surface area contributed by atoms with E-state index in [-0.39, 0.29) is 0 Å². The fourth-order valence-corrected chi connectivity index (χ4v) is 1.40. The van der Waals surface area contributed by atoms with E-state index >= 15 is 0 Å². The first-order valence-electron chi connectivity index (χ1n) is 3.97. The van der Waals surface area contributed by atoms with Crippen molar-refractivity contribution in [2.24, 2.45) is 0 Å². The molecule has 0 aliphatic carbocycles. The first-order chi connectivity index (χ1) is 5.27. The molecule has 0 spiro atoms. The number of rotatable bonds is 2. The maximum atomic E-state index is 4.23. The van der Waals surface area contributed by atoms with Crippen molar-refractivity contribution in [2.75, 3.05) is 0 Å². The second-order valence-corrected chi connectivity index (χ2v) is 3.09. The average molecular weight is 166 g/mol. The summed E-state index contributed by atoms with van der Waals surface area (Å²) in [6, 6.07) is 6.55. The first kappa shape index (κ1) is 8.66. The van der Waals surface area contributed by atoms with E-state index in [0.717, 1.165) is 12.2 Å². The molecule has 0 radical (unpaired) electrons. The molecule has 1 aromatic rings. The van der Waals surface area contributed by atoms with Crippen LogP contribution < -0.4 is 0 Å². The molecule has 0 bridgehead atoms. The highest BCUT2D eigenvalue weighted by molar-refractivity contribution is 7.79. The van der Waals surface area contributed by atoms with Crippen molar-refractivity contribution in [3.63, 3.8) is 0 Å². The van der Waals surface area contributed by atoms with E-state index in [1.54, 1.807) is 0 Å². The molecule has 0 aromatic heterocycles. The highest BCUT2D eigenvalue weighted by Crippen LogP contribution is 2.12. The second-order valence-electron chi connectivity index (χ2n) is 2.77. The Bertz CT molecular complexity index is 241. The quantitative estimate of drug-likeness (QED) is 0.642. The van der Waals surface area contributed by atoms with E-state index in [4.69, 9.17) is 0 Å². The van der Waals surface area contributed by atoms with E-state index in [9.17, 15) is 0 Å². The van der Waals surface area contributed by atoms with Crippen molar-refractivity contribution >= 4 is 12.6 Å². The summed E-state index contributed by atoms with van der Waals surface area (Å²) in [5.41, 5.74) is 4.14. The molecule has 1 heteroatoms. The van der Waals surface area contributed by atoms with Gasteiger partial charge in [0, 0.05) is 5.75 Å². The van der Waals surface area contributed by atoms with Gasteiger partial charge < -0.3 is 0 Å². The van der Waals surface area contributed by atoms with Gasteiger partial charge in [-0.3, -0.25) is 0 Å². The maximum Gasteiger partial charge on any atom is 0.0154 e. The molecule has 0 N–H and O–H groups in total.